The lowest BCUT2D eigenvalue weighted by atomic mass is 9.56. The van der Waals surface area contributed by atoms with Crippen molar-refractivity contribution in [1.82, 2.24) is 5.06 Å². The fourth-order valence-electron chi connectivity index (χ4n) is 9.42. The van der Waals surface area contributed by atoms with Gasteiger partial charge in [-0.05, 0) is 93.8 Å². The van der Waals surface area contributed by atoms with Crippen molar-refractivity contribution in [1.29, 1.82) is 0 Å². The molecule has 4 heteroatoms. The molecule has 2 N–H and O–H groups in total. The summed E-state index contributed by atoms with van der Waals surface area (Å²) in [6.07, 6.45) is 12.5. The third kappa shape index (κ3) is 3.01. The zero-order valence-corrected chi connectivity index (χ0v) is 20.5. The molecular weight excluding hydrogens is 398 g/mol. The van der Waals surface area contributed by atoms with E-state index in [1.54, 1.807) is 21.8 Å². The van der Waals surface area contributed by atoms with Crippen LogP contribution in [0.5, 0.6) is 0 Å². The van der Waals surface area contributed by atoms with Crippen LogP contribution < -0.4 is 0 Å². The van der Waals surface area contributed by atoms with Gasteiger partial charge in [0.15, 0.2) is 0 Å². The van der Waals surface area contributed by atoms with E-state index in [-0.39, 0.29) is 23.9 Å². The predicted molar refractivity (Wildman–Crippen MR) is 125 cm³/mol. The lowest BCUT2D eigenvalue weighted by Crippen LogP contribution is -2.50. The average Bonchev–Trinajstić information content (AvgIpc) is 3.19. The van der Waals surface area contributed by atoms with Crippen LogP contribution in [0.15, 0.2) is 22.8 Å². The van der Waals surface area contributed by atoms with Crippen molar-refractivity contribution in [2.24, 2.45) is 35.0 Å². The van der Waals surface area contributed by atoms with Gasteiger partial charge in [-0.15, -0.1) is 0 Å². The molecule has 6 aliphatic rings. The number of allylic oxidation sites excluding steroid dienone is 2. The fourth-order valence-corrected chi connectivity index (χ4v) is 9.42. The Balaban J connectivity index is 1.29. The Morgan fingerprint density at radius 3 is 2.78 bits per heavy atom. The molecule has 0 aromatic carbocycles. The average molecular weight is 442 g/mol. The van der Waals surface area contributed by atoms with Gasteiger partial charge in [-0.1, -0.05) is 43.6 Å². The molecule has 0 amide bonds. The van der Waals surface area contributed by atoms with Gasteiger partial charge in [-0.3, -0.25) is 0 Å². The Labute approximate surface area is 194 Å². The summed E-state index contributed by atoms with van der Waals surface area (Å²) in [6.45, 7) is 10.3. The number of aliphatic hydroxyl groups excluding tert-OH is 1. The monoisotopic (exact) mass is 441 g/mol. The first-order valence-corrected chi connectivity index (χ1v) is 13.4. The van der Waals surface area contributed by atoms with Gasteiger partial charge in [0.2, 0.25) is 0 Å². The Morgan fingerprint density at radius 2 is 1.97 bits per heavy atom. The van der Waals surface area contributed by atoms with Crippen LogP contribution in [-0.2, 0) is 4.74 Å². The number of piperidine rings is 1. The minimum Gasteiger partial charge on any atom is -0.393 e. The molecule has 4 aliphatic carbocycles. The van der Waals surface area contributed by atoms with E-state index >= 15 is 0 Å². The predicted octanol–water partition coefficient (Wildman–Crippen LogP) is 5.49. The number of hydrogen-bond acceptors (Lipinski definition) is 4. The number of rotatable bonds is 0. The van der Waals surface area contributed by atoms with Gasteiger partial charge in [-0.2, -0.15) is 5.06 Å². The van der Waals surface area contributed by atoms with Crippen LogP contribution in [0.3, 0.4) is 0 Å². The molecule has 178 valence electrons. The van der Waals surface area contributed by atoms with Crippen LogP contribution in [0.25, 0.3) is 0 Å². The van der Waals surface area contributed by atoms with Crippen LogP contribution in [0, 0.1) is 35.0 Å². The number of ether oxygens (including phenoxy) is 1. The Bertz CT molecular complexity index is 850. The molecule has 2 saturated heterocycles. The molecule has 1 unspecified atom stereocenters. The smallest absolute Gasteiger partial charge is 0.0768 e. The van der Waals surface area contributed by atoms with E-state index in [1.807, 2.05) is 0 Å². The van der Waals surface area contributed by atoms with Crippen molar-refractivity contribution in [3.8, 4) is 0 Å². The topological polar surface area (TPSA) is 52.9 Å². The first-order valence-electron chi connectivity index (χ1n) is 13.4. The van der Waals surface area contributed by atoms with Gasteiger partial charge in [0.25, 0.3) is 0 Å². The Kier molecular flexibility index (Phi) is 5.05. The molecule has 4 fully saturated rings. The first kappa shape index (κ1) is 21.8. The van der Waals surface area contributed by atoms with Gasteiger partial charge < -0.3 is 15.1 Å². The largest absolute Gasteiger partial charge is 0.393 e. The first-order chi connectivity index (χ1) is 15.2. The third-order valence-corrected chi connectivity index (χ3v) is 11.1. The molecule has 2 saturated carbocycles. The van der Waals surface area contributed by atoms with E-state index in [4.69, 9.17) is 4.74 Å². The van der Waals surface area contributed by atoms with Gasteiger partial charge in [0, 0.05) is 12.5 Å². The van der Waals surface area contributed by atoms with E-state index in [0.29, 0.717) is 23.2 Å². The summed E-state index contributed by atoms with van der Waals surface area (Å²) in [5.41, 5.74) is 5.08. The number of hydroxylamine groups is 2. The van der Waals surface area contributed by atoms with Gasteiger partial charge in [0.05, 0.1) is 23.9 Å². The van der Waals surface area contributed by atoms with Crippen LogP contribution >= 0.6 is 0 Å². The summed E-state index contributed by atoms with van der Waals surface area (Å²) in [6, 6.07) is 0.155. The fraction of sp³-hybridized carbons (Fsp3) is 0.857. The molecule has 0 bridgehead atoms. The highest BCUT2D eigenvalue weighted by molar-refractivity contribution is 5.33. The van der Waals surface area contributed by atoms with Crippen LogP contribution in [0.2, 0.25) is 0 Å². The minimum atomic E-state index is -0.128. The standard InChI is InChI=1S/C28H43NO3/c1-16-11-25-26(29(31)15-16)18(3)28(32-25)10-8-21-22-6-5-19-12-20(30)7-9-27(19,4)24(22)13-23(21)17(2)14-28/h5,16,18,20-22,24-26,30-31H,6-15H2,1-4H3/t16-,18+,20-,21-,22-,24-,25+,26-,27-,28?/m0/s1. The second-order valence-electron chi connectivity index (χ2n) is 12.8. The second-order valence-corrected chi connectivity index (χ2v) is 12.8. The van der Waals surface area contributed by atoms with Crippen LogP contribution in [-0.4, -0.2) is 45.8 Å². The van der Waals surface area contributed by atoms with Crippen molar-refractivity contribution < 1.29 is 15.1 Å². The van der Waals surface area contributed by atoms with E-state index in [1.165, 1.54) is 19.3 Å². The summed E-state index contributed by atoms with van der Waals surface area (Å²) >= 11 is 0. The van der Waals surface area contributed by atoms with Crippen molar-refractivity contribution in [2.75, 3.05) is 6.54 Å². The van der Waals surface area contributed by atoms with Gasteiger partial charge in [-0.25, -0.2) is 0 Å². The van der Waals surface area contributed by atoms with Gasteiger partial charge in [0.1, 0.15) is 0 Å². The van der Waals surface area contributed by atoms with Crippen LogP contribution in [0.1, 0.15) is 85.5 Å². The van der Waals surface area contributed by atoms with Crippen molar-refractivity contribution in [3.63, 3.8) is 0 Å². The SMILES string of the molecule is CC1=C2C[C@H]3[C@@H](CC=C4C[C@@H](O)CC[C@@]43C)[C@@H]2CCC2(C1)O[C@@H]1C[C@H](C)CN(O)[C@H]1[C@H]2C. The Morgan fingerprint density at radius 1 is 1.16 bits per heavy atom. The van der Waals surface area contributed by atoms with Crippen molar-refractivity contribution in [3.05, 3.63) is 22.8 Å². The third-order valence-electron chi connectivity index (χ3n) is 11.1. The summed E-state index contributed by atoms with van der Waals surface area (Å²) in [7, 11) is 0. The molecule has 10 atom stereocenters. The summed E-state index contributed by atoms with van der Waals surface area (Å²) in [5, 5.41) is 22.6. The molecule has 0 aromatic rings. The molecule has 2 aliphatic heterocycles. The maximum atomic E-state index is 10.8. The summed E-state index contributed by atoms with van der Waals surface area (Å²) < 4.78 is 6.94. The van der Waals surface area contributed by atoms with Crippen LogP contribution in [0.4, 0.5) is 0 Å². The maximum Gasteiger partial charge on any atom is 0.0768 e. The molecule has 32 heavy (non-hydrogen) atoms. The number of hydrogen-bond donors (Lipinski definition) is 2. The molecule has 6 rings (SSSR count). The maximum absolute atomic E-state index is 10.8. The van der Waals surface area contributed by atoms with Crippen molar-refractivity contribution in [2.45, 2.75) is 109 Å². The quantitative estimate of drug-likeness (QED) is 0.488. The van der Waals surface area contributed by atoms with E-state index in [0.717, 1.165) is 56.9 Å². The molecule has 0 aromatic heterocycles. The van der Waals surface area contributed by atoms with E-state index in [9.17, 15) is 10.3 Å². The van der Waals surface area contributed by atoms with Gasteiger partial charge >= 0.3 is 0 Å². The normalized spacial score (nSPS) is 53.4. The number of aliphatic hydroxyl groups is 1. The highest BCUT2D eigenvalue weighted by atomic mass is 16.5. The molecule has 2 heterocycles. The number of fused-ring (bicyclic) bond motifs is 6. The van der Waals surface area contributed by atoms with Crippen molar-refractivity contribution >= 4 is 0 Å². The summed E-state index contributed by atoms with van der Waals surface area (Å²) in [5.74, 6) is 3.06. The molecule has 0 radical (unpaired) electrons. The lowest BCUT2D eigenvalue weighted by molar-refractivity contribution is -0.178. The zero-order valence-electron chi connectivity index (χ0n) is 20.5. The molecular formula is C28H43NO3. The second kappa shape index (κ2) is 7.41. The zero-order chi connectivity index (χ0) is 22.4. The van der Waals surface area contributed by atoms with E-state index in [2.05, 4.69) is 33.8 Å². The molecule has 4 nitrogen and oxygen atoms in total. The minimum absolute atomic E-state index is 0.105. The highest BCUT2D eigenvalue weighted by Crippen LogP contribution is 2.63. The van der Waals surface area contributed by atoms with E-state index < -0.39 is 0 Å². The summed E-state index contributed by atoms with van der Waals surface area (Å²) in [4.78, 5) is 0. The highest BCUT2D eigenvalue weighted by Gasteiger charge is 2.59. The Hall–Kier alpha value is -0.680. The lowest BCUT2D eigenvalue weighted by Gasteiger charge is -2.49. The number of nitrogens with zero attached hydrogens (tertiary/aromatic N) is 1. The molecule has 1 spiro atoms.